The van der Waals surface area contributed by atoms with Crippen LogP contribution in [0, 0.1) is 11.3 Å². The zero-order valence-electron chi connectivity index (χ0n) is 7.36. The molecule has 0 spiro atoms. The lowest BCUT2D eigenvalue weighted by Gasteiger charge is -2.03. The lowest BCUT2D eigenvalue weighted by atomic mass is 10.2. The van der Waals surface area contributed by atoms with Crippen LogP contribution in [0.5, 0.6) is 5.75 Å². The minimum atomic E-state index is 0.634. The Kier molecular flexibility index (Phi) is 3.59. The van der Waals surface area contributed by atoms with Gasteiger partial charge in [-0.25, -0.2) is 0 Å². The molecule has 0 saturated heterocycles. The van der Waals surface area contributed by atoms with Crippen LogP contribution < -0.4 is 4.74 Å². The van der Waals surface area contributed by atoms with Gasteiger partial charge in [0.25, 0.3) is 0 Å². The number of hydrogen-bond donors (Lipinski definition) is 0. The predicted octanol–water partition coefficient (Wildman–Crippen LogP) is 2.51. The van der Waals surface area contributed by atoms with Gasteiger partial charge in [0.1, 0.15) is 5.75 Å². The molecule has 1 aromatic carbocycles. The summed E-state index contributed by atoms with van der Waals surface area (Å²) in [6.45, 7) is 4.23. The van der Waals surface area contributed by atoms with Crippen molar-refractivity contribution in [3.8, 4) is 11.8 Å². The van der Waals surface area contributed by atoms with Crippen molar-refractivity contribution >= 4 is 0 Å². The minimum Gasteiger partial charge on any atom is -0.493 e. The second kappa shape index (κ2) is 5.00. The van der Waals surface area contributed by atoms with Crippen molar-refractivity contribution in [2.75, 3.05) is 6.61 Å². The Morgan fingerprint density at radius 2 is 2.08 bits per heavy atom. The Morgan fingerprint density at radius 1 is 1.38 bits per heavy atom. The Labute approximate surface area is 78.1 Å². The van der Waals surface area contributed by atoms with E-state index in [4.69, 9.17) is 10.00 Å². The van der Waals surface area contributed by atoms with Crippen molar-refractivity contribution in [2.45, 2.75) is 6.42 Å². The van der Waals surface area contributed by atoms with Gasteiger partial charge in [0.2, 0.25) is 0 Å². The molecule has 0 atom stereocenters. The third-order valence-electron chi connectivity index (χ3n) is 1.57. The van der Waals surface area contributed by atoms with Crippen LogP contribution in [0.25, 0.3) is 0 Å². The first-order valence-corrected chi connectivity index (χ1v) is 4.10. The molecule has 2 heteroatoms. The summed E-state index contributed by atoms with van der Waals surface area (Å²) in [7, 11) is 0. The van der Waals surface area contributed by atoms with Crippen molar-refractivity contribution in [3.05, 3.63) is 42.5 Å². The van der Waals surface area contributed by atoms with E-state index < -0.39 is 0 Å². The van der Waals surface area contributed by atoms with E-state index in [1.807, 2.05) is 12.1 Å². The molecule has 66 valence electrons. The molecule has 0 N–H and O–H groups in total. The van der Waals surface area contributed by atoms with Gasteiger partial charge in [-0.15, -0.1) is 6.58 Å². The molecule has 0 bridgehead atoms. The summed E-state index contributed by atoms with van der Waals surface area (Å²) in [4.78, 5) is 0. The molecule has 13 heavy (non-hydrogen) atoms. The van der Waals surface area contributed by atoms with Crippen molar-refractivity contribution in [2.24, 2.45) is 0 Å². The summed E-state index contributed by atoms with van der Waals surface area (Å²) in [5.74, 6) is 0.792. The van der Waals surface area contributed by atoms with E-state index >= 15 is 0 Å². The second-order valence-electron chi connectivity index (χ2n) is 2.56. The fraction of sp³-hybridized carbons (Fsp3) is 0.182. The first kappa shape index (κ1) is 9.34. The normalized spacial score (nSPS) is 8.85. The molecule has 0 aliphatic rings. The van der Waals surface area contributed by atoms with Gasteiger partial charge < -0.3 is 4.74 Å². The maximum atomic E-state index is 8.54. The Morgan fingerprint density at radius 3 is 2.62 bits per heavy atom. The van der Waals surface area contributed by atoms with Gasteiger partial charge in [-0.2, -0.15) is 5.26 Å². The lowest BCUT2D eigenvalue weighted by Crippen LogP contribution is -1.94. The van der Waals surface area contributed by atoms with Gasteiger partial charge in [-0.1, -0.05) is 6.08 Å². The maximum Gasteiger partial charge on any atom is 0.119 e. The van der Waals surface area contributed by atoms with Gasteiger partial charge in [0, 0.05) is 0 Å². The van der Waals surface area contributed by atoms with Crippen LogP contribution in [0.2, 0.25) is 0 Å². The molecule has 0 amide bonds. The third-order valence-corrected chi connectivity index (χ3v) is 1.57. The molecule has 0 radical (unpaired) electrons. The maximum absolute atomic E-state index is 8.54. The van der Waals surface area contributed by atoms with E-state index in [0.717, 1.165) is 12.2 Å². The van der Waals surface area contributed by atoms with Gasteiger partial charge >= 0.3 is 0 Å². The van der Waals surface area contributed by atoms with Crippen LogP contribution in [-0.4, -0.2) is 6.61 Å². The molecule has 2 nitrogen and oxygen atoms in total. The number of hydrogen-bond acceptors (Lipinski definition) is 2. The molecule has 1 aromatic rings. The number of nitriles is 1. The molecular formula is C11H11NO. The van der Waals surface area contributed by atoms with Crippen LogP contribution >= 0.6 is 0 Å². The molecule has 0 fully saturated rings. The lowest BCUT2D eigenvalue weighted by molar-refractivity contribution is 0.325. The van der Waals surface area contributed by atoms with Gasteiger partial charge in [0.15, 0.2) is 0 Å². The molecular weight excluding hydrogens is 162 g/mol. The first-order chi connectivity index (χ1) is 6.36. The quantitative estimate of drug-likeness (QED) is 0.517. The zero-order chi connectivity index (χ0) is 9.52. The smallest absolute Gasteiger partial charge is 0.119 e. The average Bonchev–Trinajstić information content (AvgIpc) is 2.19. The summed E-state index contributed by atoms with van der Waals surface area (Å²) in [6, 6.07) is 9.11. The molecule has 0 heterocycles. The fourth-order valence-electron chi connectivity index (χ4n) is 0.886. The van der Waals surface area contributed by atoms with Gasteiger partial charge in [0.05, 0.1) is 18.2 Å². The summed E-state index contributed by atoms with van der Waals surface area (Å²) < 4.78 is 5.37. The number of benzene rings is 1. The average molecular weight is 173 g/mol. The number of rotatable bonds is 4. The molecule has 0 aromatic heterocycles. The van der Waals surface area contributed by atoms with Crippen molar-refractivity contribution in [3.63, 3.8) is 0 Å². The predicted molar refractivity (Wildman–Crippen MR) is 51.5 cm³/mol. The van der Waals surface area contributed by atoms with Crippen molar-refractivity contribution < 1.29 is 4.74 Å². The van der Waals surface area contributed by atoms with Crippen molar-refractivity contribution in [1.29, 1.82) is 5.26 Å². The van der Waals surface area contributed by atoms with Crippen LogP contribution in [-0.2, 0) is 0 Å². The summed E-state index contributed by atoms with van der Waals surface area (Å²) in [6.07, 6.45) is 2.64. The van der Waals surface area contributed by atoms with Crippen LogP contribution in [0.3, 0.4) is 0 Å². The monoisotopic (exact) mass is 173 g/mol. The van der Waals surface area contributed by atoms with E-state index in [9.17, 15) is 0 Å². The highest BCUT2D eigenvalue weighted by molar-refractivity contribution is 5.34. The van der Waals surface area contributed by atoms with E-state index in [2.05, 4.69) is 6.58 Å². The van der Waals surface area contributed by atoms with E-state index in [1.54, 1.807) is 24.3 Å². The molecule has 0 aliphatic carbocycles. The molecule has 0 saturated carbocycles. The highest BCUT2D eigenvalue weighted by Crippen LogP contribution is 2.11. The molecule has 0 unspecified atom stereocenters. The molecule has 1 rings (SSSR count). The first-order valence-electron chi connectivity index (χ1n) is 4.10. The van der Waals surface area contributed by atoms with E-state index in [1.165, 1.54) is 0 Å². The molecule has 0 aliphatic heterocycles. The fourth-order valence-corrected chi connectivity index (χ4v) is 0.886. The van der Waals surface area contributed by atoms with Crippen LogP contribution in [0.4, 0.5) is 0 Å². The Balaban J connectivity index is 2.50. The van der Waals surface area contributed by atoms with Crippen LogP contribution in [0.1, 0.15) is 12.0 Å². The minimum absolute atomic E-state index is 0.634. The van der Waals surface area contributed by atoms with E-state index in [-0.39, 0.29) is 0 Å². The topological polar surface area (TPSA) is 33.0 Å². The largest absolute Gasteiger partial charge is 0.493 e. The van der Waals surface area contributed by atoms with Gasteiger partial charge in [-0.05, 0) is 30.7 Å². The number of ether oxygens (including phenoxy) is 1. The summed E-state index contributed by atoms with van der Waals surface area (Å²) >= 11 is 0. The second-order valence-corrected chi connectivity index (χ2v) is 2.56. The Bertz CT molecular complexity index is 308. The number of nitrogens with zero attached hydrogens (tertiary/aromatic N) is 1. The highest BCUT2D eigenvalue weighted by atomic mass is 16.5. The van der Waals surface area contributed by atoms with Crippen LogP contribution in [0.15, 0.2) is 36.9 Å². The Hall–Kier alpha value is -1.75. The van der Waals surface area contributed by atoms with E-state index in [0.29, 0.717) is 12.2 Å². The highest BCUT2D eigenvalue weighted by Gasteiger charge is 1.92. The summed E-state index contributed by atoms with van der Waals surface area (Å²) in [5, 5.41) is 8.54. The zero-order valence-corrected chi connectivity index (χ0v) is 7.36. The SMILES string of the molecule is C=CCCOc1ccc(C#N)cc1. The summed E-state index contributed by atoms with van der Waals surface area (Å²) in [5.41, 5.74) is 0.649. The van der Waals surface area contributed by atoms with Gasteiger partial charge in [-0.3, -0.25) is 0 Å². The standard InChI is InChI=1S/C11H11NO/c1-2-3-8-13-11-6-4-10(9-12)5-7-11/h2,4-7H,1,3,8H2. The van der Waals surface area contributed by atoms with Crippen molar-refractivity contribution in [1.82, 2.24) is 0 Å². The third kappa shape index (κ3) is 3.00.